The molecule has 20 heavy (non-hydrogen) atoms. The fraction of sp³-hybridized carbons (Fsp3) is 0.462. The Morgan fingerprint density at radius 3 is 2.55 bits per heavy atom. The van der Waals surface area contributed by atoms with Crippen molar-refractivity contribution >= 4 is 11.6 Å². The predicted octanol–water partition coefficient (Wildman–Crippen LogP) is 2.99. The van der Waals surface area contributed by atoms with Crippen LogP contribution in [0.5, 0.6) is 0 Å². The Morgan fingerprint density at radius 2 is 2.05 bits per heavy atom. The molecule has 1 rings (SSSR count). The van der Waals surface area contributed by atoms with Gasteiger partial charge < -0.3 is 4.90 Å². The largest absolute Gasteiger partial charge is 0.341 e. The molecule has 1 aromatic carbocycles. The zero-order chi connectivity index (χ0) is 15.4. The number of benzene rings is 1. The van der Waals surface area contributed by atoms with Crippen LogP contribution >= 0.6 is 0 Å². The van der Waals surface area contributed by atoms with Crippen LogP contribution in [-0.2, 0) is 0 Å². The maximum Gasteiger partial charge on any atom is 0.308 e. The second-order valence-electron chi connectivity index (χ2n) is 4.74. The smallest absolute Gasteiger partial charge is 0.308 e. The van der Waals surface area contributed by atoms with Gasteiger partial charge in [0.15, 0.2) is 0 Å². The second-order valence-corrected chi connectivity index (χ2v) is 4.74. The summed E-state index contributed by atoms with van der Waals surface area (Å²) in [5.41, 5.74) is -1.66. The van der Waals surface area contributed by atoms with Crippen molar-refractivity contribution in [2.24, 2.45) is 5.92 Å². The molecule has 0 saturated carbocycles. The van der Waals surface area contributed by atoms with Crippen molar-refractivity contribution in [3.05, 3.63) is 39.4 Å². The summed E-state index contributed by atoms with van der Waals surface area (Å²) in [5.74, 6) is -2.91. The van der Waals surface area contributed by atoms with Crippen LogP contribution in [0.1, 0.15) is 30.6 Å². The van der Waals surface area contributed by atoms with Crippen molar-refractivity contribution in [2.45, 2.75) is 20.3 Å². The molecule has 1 atom stereocenters. The van der Waals surface area contributed by atoms with Crippen LogP contribution in [0, 0.1) is 27.7 Å². The van der Waals surface area contributed by atoms with Crippen molar-refractivity contribution in [2.75, 3.05) is 13.6 Å². The van der Waals surface area contributed by atoms with Crippen molar-refractivity contribution in [3.8, 4) is 0 Å². The van der Waals surface area contributed by atoms with Gasteiger partial charge in [0.2, 0.25) is 5.82 Å². The van der Waals surface area contributed by atoms with E-state index in [1.807, 2.05) is 13.8 Å². The van der Waals surface area contributed by atoms with Crippen LogP contribution in [0.4, 0.5) is 14.5 Å². The zero-order valence-corrected chi connectivity index (χ0v) is 11.5. The molecule has 0 aliphatic carbocycles. The lowest BCUT2D eigenvalue weighted by Crippen LogP contribution is -2.31. The topological polar surface area (TPSA) is 63.5 Å². The summed E-state index contributed by atoms with van der Waals surface area (Å²) in [6.45, 7) is 4.21. The third-order valence-corrected chi connectivity index (χ3v) is 3.07. The quantitative estimate of drug-likeness (QED) is 0.617. The highest BCUT2D eigenvalue weighted by atomic mass is 19.1. The van der Waals surface area contributed by atoms with Crippen molar-refractivity contribution in [1.29, 1.82) is 0 Å². The number of nitro benzene ring substituents is 1. The molecule has 0 N–H and O–H groups in total. The van der Waals surface area contributed by atoms with E-state index in [0.29, 0.717) is 18.7 Å². The van der Waals surface area contributed by atoms with E-state index >= 15 is 0 Å². The average Bonchev–Trinajstić information content (AvgIpc) is 2.39. The average molecular weight is 286 g/mol. The first-order valence-corrected chi connectivity index (χ1v) is 6.16. The fourth-order valence-corrected chi connectivity index (χ4v) is 1.75. The Labute approximate surface area is 115 Å². The van der Waals surface area contributed by atoms with Gasteiger partial charge in [0.25, 0.3) is 5.91 Å². The van der Waals surface area contributed by atoms with Crippen LogP contribution < -0.4 is 0 Å². The van der Waals surface area contributed by atoms with Gasteiger partial charge >= 0.3 is 5.69 Å². The van der Waals surface area contributed by atoms with Gasteiger partial charge in [0.1, 0.15) is 5.82 Å². The van der Waals surface area contributed by atoms with E-state index in [4.69, 9.17) is 0 Å². The Bertz CT molecular complexity index is 535. The molecule has 1 amide bonds. The number of carbonyl (C=O) groups excluding carboxylic acids is 1. The molecule has 0 aliphatic heterocycles. The Hall–Kier alpha value is -2.05. The molecule has 0 heterocycles. The van der Waals surface area contributed by atoms with E-state index in [-0.39, 0.29) is 5.92 Å². The van der Waals surface area contributed by atoms with Crippen LogP contribution in [-0.4, -0.2) is 29.3 Å². The number of carbonyl (C=O) groups is 1. The lowest BCUT2D eigenvalue weighted by Gasteiger charge is -2.21. The summed E-state index contributed by atoms with van der Waals surface area (Å²) < 4.78 is 27.2. The van der Waals surface area contributed by atoms with Crippen LogP contribution in [0.15, 0.2) is 12.1 Å². The summed E-state index contributed by atoms with van der Waals surface area (Å²) in [6, 6.07) is 1.14. The SMILES string of the molecule is CCC(C)CN(C)C(=O)c1cc(F)cc([N+](=O)[O-])c1F. The van der Waals surface area contributed by atoms with Gasteiger partial charge in [-0.05, 0) is 12.0 Å². The molecule has 0 aliphatic rings. The van der Waals surface area contributed by atoms with E-state index in [1.54, 1.807) is 0 Å². The number of hydrogen-bond acceptors (Lipinski definition) is 3. The summed E-state index contributed by atoms with van der Waals surface area (Å²) in [5, 5.41) is 10.6. The number of hydrogen-bond donors (Lipinski definition) is 0. The third-order valence-electron chi connectivity index (χ3n) is 3.07. The highest BCUT2D eigenvalue weighted by Gasteiger charge is 2.26. The van der Waals surface area contributed by atoms with Crippen LogP contribution in [0.2, 0.25) is 0 Å². The molecule has 5 nitrogen and oxygen atoms in total. The van der Waals surface area contributed by atoms with Crippen LogP contribution in [0.25, 0.3) is 0 Å². The number of nitro groups is 1. The van der Waals surface area contributed by atoms with Gasteiger partial charge in [-0.2, -0.15) is 4.39 Å². The summed E-state index contributed by atoms with van der Waals surface area (Å²) in [6.07, 6.45) is 0.823. The minimum Gasteiger partial charge on any atom is -0.341 e. The maximum atomic E-state index is 13.9. The van der Waals surface area contributed by atoms with Gasteiger partial charge in [-0.1, -0.05) is 20.3 Å². The predicted molar refractivity (Wildman–Crippen MR) is 69.4 cm³/mol. The van der Waals surface area contributed by atoms with E-state index < -0.39 is 33.7 Å². The second kappa shape index (κ2) is 6.40. The minimum atomic E-state index is -1.31. The van der Waals surface area contributed by atoms with Crippen molar-refractivity contribution in [3.63, 3.8) is 0 Å². The molecule has 110 valence electrons. The molecule has 0 saturated heterocycles. The fourth-order valence-electron chi connectivity index (χ4n) is 1.75. The van der Waals surface area contributed by atoms with Crippen molar-refractivity contribution in [1.82, 2.24) is 4.90 Å². The molecular weight excluding hydrogens is 270 g/mol. The molecule has 0 fully saturated rings. The first-order valence-electron chi connectivity index (χ1n) is 6.16. The minimum absolute atomic E-state index is 0.190. The molecule has 1 unspecified atom stereocenters. The molecule has 0 aromatic heterocycles. The summed E-state index contributed by atoms with van der Waals surface area (Å²) >= 11 is 0. The van der Waals surface area contributed by atoms with Gasteiger partial charge in [0.05, 0.1) is 16.6 Å². The number of rotatable bonds is 5. The Balaban J connectivity index is 3.13. The lowest BCUT2D eigenvalue weighted by atomic mass is 10.1. The molecule has 0 bridgehead atoms. The third kappa shape index (κ3) is 3.49. The standard InChI is InChI=1S/C13H16F2N2O3/c1-4-8(2)7-16(3)13(18)10-5-9(14)6-11(12(10)15)17(19)20/h5-6,8H,4,7H2,1-3H3. The Morgan fingerprint density at radius 1 is 1.45 bits per heavy atom. The summed E-state index contributed by atoms with van der Waals surface area (Å²) in [7, 11) is 1.45. The van der Waals surface area contributed by atoms with E-state index in [2.05, 4.69) is 0 Å². The number of halogens is 2. The van der Waals surface area contributed by atoms with Gasteiger partial charge in [-0.25, -0.2) is 4.39 Å². The maximum absolute atomic E-state index is 13.9. The molecular formula is C13H16F2N2O3. The zero-order valence-electron chi connectivity index (χ0n) is 11.5. The van der Waals surface area contributed by atoms with Crippen LogP contribution in [0.3, 0.4) is 0 Å². The molecule has 0 radical (unpaired) electrons. The monoisotopic (exact) mass is 286 g/mol. The van der Waals surface area contributed by atoms with E-state index in [1.165, 1.54) is 11.9 Å². The molecule has 1 aromatic rings. The molecule has 0 spiro atoms. The Kier molecular flexibility index (Phi) is 5.12. The summed E-state index contributed by atoms with van der Waals surface area (Å²) in [4.78, 5) is 22.8. The van der Waals surface area contributed by atoms with Gasteiger partial charge in [-0.3, -0.25) is 14.9 Å². The first kappa shape index (κ1) is 16.0. The van der Waals surface area contributed by atoms with Gasteiger partial charge in [-0.15, -0.1) is 0 Å². The highest BCUT2D eigenvalue weighted by Crippen LogP contribution is 2.23. The van der Waals surface area contributed by atoms with Crippen molar-refractivity contribution < 1.29 is 18.5 Å². The molecule has 7 heteroatoms. The normalized spacial score (nSPS) is 12.1. The number of amides is 1. The number of nitrogens with zero attached hydrogens (tertiary/aromatic N) is 2. The van der Waals surface area contributed by atoms with E-state index in [9.17, 15) is 23.7 Å². The first-order chi connectivity index (χ1) is 9.27. The van der Waals surface area contributed by atoms with Gasteiger partial charge in [0, 0.05) is 13.6 Å². The lowest BCUT2D eigenvalue weighted by molar-refractivity contribution is -0.387. The highest BCUT2D eigenvalue weighted by molar-refractivity contribution is 5.95. The van der Waals surface area contributed by atoms with E-state index in [0.717, 1.165) is 6.42 Å².